The summed E-state index contributed by atoms with van der Waals surface area (Å²) in [7, 11) is 2.06. The molecular formula is C10H23N3O. The van der Waals surface area contributed by atoms with Crippen LogP contribution in [0.5, 0.6) is 0 Å². The summed E-state index contributed by atoms with van der Waals surface area (Å²) in [5.74, 6) is 0. The monoisotopic (exact) mass is 201 g/mol. The number of hydrogen-bond donors (Lipinski definition) is 2. The highest BCUT2D eigenvalue weighted by molar-refractivity contribution is 4.69. The Balaban J connectivity index is 2.06. The number of nitrogens with one attached hydrogen (secondary N) is 1. The Kier molecular flexibility index (Phi) is 5.40. The molecule has 14 heavy (non-hydrogen) atoms. The molecule has 0 amide bonds. The molecule has 1 heterocycles. The molecule has 0 bridgehead atoms. The number of aliphatic hydroxyl groups excluding tert-OH is 1. The molecule has 0 saturated carbocycles. The first kappa shape index (κ1) is 11.9. The van der Waals surface area contributed by atoms with Crippen LogP contribution in [0.1, 0.15) is 6.92 Å². The summed E-state index contributed by atoms with van der Waals surface area (Å²) >= 11 is 0. The topological polar surface area (TPSA) is 38.7 Å². The molecule has 0 radical (unpaired) electrons. The van der Waals surface area contributed by atoms with Crippen molar-refractivity contribution in [3.63, 3.8) is 0 Å². The molecule has 2 N–H and O–H groups in total. The van der Waals surface area contributed by atoms with Crippen molar-refractivity contribution in [3.8, 4) is 0 Å². The average molecular weight is 201 g/mol. The minimum absolute atomic E-state index is 0.219. The van der Waals surface area contributed by atoms with E-state index in [0.29, 0.717) is 0 Å². The zero-order valence-electron chi connectivity index (χ0n) is 9.37. The molecule has 1 fully saturated rings. The average Bonchev–Trinajstić information content (AvgIpc) is 2.15. The van der Waals surface area contributed by atoms with Crippen molar-refractivity contribution < 1.29 is 5.11 Å². The molecule has 1 aliphatic heterocycles. The first-order valence-electron chi connectivity index (χ1n) is 5.48. The van der Waals surface area contributed by atoms with Crippen molar-refractivity contribution in [2.75, 3.05) is 52.9 Å². The SMILES string of the molecule is C[C@@H](O)CN(C)CCN1CCNCC1. The highest BCUT2D eigenvalue weighted by Gasteiger charge is 2.10. The maximum absolute atomic E-state index is 9.19. The maximum atomic E-state index is 9.19. The van der Waals surface area contributed by atoms with Crippen molar-refractivity contribution in [3.05, 3.63) is 0 Å². The van der Waals surface area contributed by atoms with Crippen LogP contribution in [0.3, 0.4) is 0 Å². The van der Waals surface area contributed by atoms with Gasteiger partial charge in [0.1, 0.15) is 0 Å². The van der Waals surface area contributed by atoms with Gasteiger partial charge in [-0.05, 0) is 14.0 Å². The Labute approximate surface area is 86.9 Å². The van der Waals surface area contributed by atoms with Crippen molar-refractivity contribution in [1.29, 1.82) is 0 Å². The van der Waals surface area contributed by atoms with Crippen LogP contribution in [0.4, 0.5) is 0 Å². The van der Waals surface area contributed by atoms with Gasteiger partial charge < -0.3 is 15.3 Å². The predicted molar refractivity (Wildman–Crippen MR) is 58.5 cm³/mol. The maximum Gasteiger partial charge on any atom is 0.0638 e. The molecule has 1 rings (SSSR count). The van der Waals surface area contributed by atoms with Crippen molar-refractivity contribution >= 4 is 0 Å². The van der Waals surface area contributed by atoms with Gasteiger partial charge in [-0.25, -0.2) is 0 Å². The minimum atomic E-state index is -0.219. The first-order chi connectivity index (χ1) is 6.68. The molecule has 1 atom stereocenters. The van der Waals surface area contributed by atoms with E-state index < -0.39 is 0 Å². The fourth-order valence-corrected chi connectivity index (χ4v) is 1.79. The van der Waals surface area contributed by atoms with E-state index in [-0.39, 0.29) is 6.10 Å². The van der Waals surface area contributed by atoms with Gasteiger partial charge in [-0.3, -0.25) is 4.90 Å². The number of nitrogens with zero attached hydrogens (tertiary/aromatic N) is 2. The van der Waals surface area contributed by atoms with Crippen LogP contribution in [0.2, 0.25) is 0 Å². The van der Waals surface area contributed by atoms with Gasteiger partial charge in [-0.15, -0.1) is 0 Å². The third-order valence-corrected chi connectivity index (χ3v) is 2.58. The number of hydrogen-bond acceptors (Lipinski definition) is 4. The smallest absolute Gasteiger partial charge is 0.0638 e. The van der Waals surface area contributed by atoms with E-state index in [1.807, 2.05) is 6.92 Å². The van der Waals surface area contributed by atoms with E-state index in [4.69, 9.17) is 0 Å². The summed E-state index contributed by atoms with van der Waals surface area (Å²) in [5, 5.41) is 12.5. The van der Waals surface area contributed by atoms with E-state index in [2.05, 4.69) is 22.2 Å². The zero-order valence-corrected chi connectivity index (χ0v) is 9.37. The van der Waals surface area contributed by atoms with Crippen LogP contribution in [0, 0.1) is 0 Å². The lowest BCUT2D eigenvalue weighted by molar-refractivity contribution is 0.129. The number of rotatable bonds is 5. The largest absolute Gasteiger partial charge is 0.392 e. The first-order valence-corrected chi connectivity index (χ1v) is 5.48. The quantitative estimate of drug-likeness (QED) is 0.611. The second kappa shape index (κ2) is 6.35. The van der Waals surface area contributed by atoms with E-state index in [1.54, 1.807) is 0 Å². The minimum Gasteiger partial charge on any atom is -0.392 e. The fraction of sp³-hybridized carbons (Fsp3) is 1.00. The summed E-state index contributed by atoms with van der Waals surface area (Å²) in [6, 6.07) is 0. The van der Waals surface area contributed by atoms with E-state index in [1.165, 1.54) is 0 Å². The fourth-order valence-electron chi connectivity index (χ4n) is 1.79. The van der Waals surface area contributed by atoms with Gasteiger partial charge in [0.25, 0.3) is 0 Å². The molecule has 0 aromatic carbocycles. The van der Waals surface area contributed by atoms with Crippen LogP contribution in [0.25, 0.3) is 0 Å². The molecule has 0 spiro atoms. The van der Waals surface area contributed by atoms with Crippen molar-refractivity contribution in [2.45, 2.75) is 13.0 Å². The Hall–Kier alpha value is -0.160. The Morgan fingerprint density at radius 3 is 2.64 bits per heavy atom. The van der Waals surface area contributed by atoms with Gasteiger partial charge >= 0.3 is 0 Å². The lowest BCUT2D eigenvalue weighted by Gasteiger charge is -2.29. The number of piperazine rings is 1. The highest BCUT2D eigenvalue weighted by Crippen LogP contribution is 1.94. The Morgan fingerprint density at radius 1 is 1.43 bits per heavy atom. The molecule has 1 aliphatic rings. The second-order valence-electron chi connectivity index (χ2n) is 4.20. The van der Waals surface area contributed by atoms with Gasteiger partial charge in [0, 0.05) is 45.8 Å². The van der Waals surface area contributed by atoms with Crippen LogP contribution >= 0.6 is 0 Å². The standard InChI is InChI=1S/C10H23N3O/c1-10(14)9-12(2)7-8-13-5-3-11-4-6-13/h10-11,14H,3-9H2,1-2H3/t10-/m1/s1. The second-order valence-corrected chi connectivity index (χ2v) is 4.20. The van der Waals surface area contributed by atoms with Gasteiger partial charge in [-0.1, -0.05) is 0 Å². The number of likely N-dealkylation sites (N-methyl/N-ethyl adjacent to an activating group) is 1. The van der Waals surface area contributed by atoms with Crippen LogP contribution in [-0.2, 0) is 0 Å². The zero-order chi connectivity index (χ0) is 10.4. The van der Waals surface area contributed by atoms with E-state index in [0.717, 1.165) is 45.8 Å². The Morgan fingerprint density at radius 2 is 2.07 bits per heavy atom. The molecular weight excluding hydrogens is 178 g/mol. The number of aliphatic hydroxyl groups is 1. The molecule has 4 nitrogen and oxygen atoms in total. The van der Waals surface area contributed by atoms with Gasteiger partial charge in [-0.2, -0.15) is 0 Å². The van der Waals surface area contributed by atoms with E-state index in [9.17, 15) is 5.11 Å². The third kappa shape index (κ3) is 4.91. The molecule has 1 saturated heterocycles. The molecule has 0 aromatic heterocycles. The van der Waals surface area contributed by atoms with Gasteiger partial charge in [0.05, 0.1) is 6.10 Å². The van der Waals surface area contributed by atoms with Gasteiger partial charge in [0.15, 0.2) is 0 Å². The lowest BCUT2D eigenvalue weighted by Crippen LogP contribution is -2.46. The summed E-state index contributed by atoms with van der Waals surface area (Å²) in [6.07, 6.45) is -0.219. The molecule has 4 heteroatoms. The summed E-state index contributed by atoms with van der Waals surface area (Å²) in [5.41, 5.74) is 0. The predicted octanol–water partition coefficient (Wildman–Crippen LogP) is -0.796. The lowest BCUT2D eigenvalue weighted by atomic mass is 10.3. The third-order valence-electron chi connectivity index (χ3n) is 2.58. The molecule has 84 valence electrons. The van der Waals surface area contributed by atoms with Crippen LogP contribution < -0.4 is 5.32 Å². The van der Waals surface area contributed by atoms with E-state index >= 15 is 0 Å². The summed E-state index contributed by atoms with van der Waals surface area (Å²) in [4.78, 5) is 4.65. The van der Waals surface area contributed by atoms with Crippen molar-refractivity contribution in [1.82, 2.24) is 15.1 Å². The normalized spacial score (nSPS) is 21.4. The Bertz CT molecular complexity index is 146. The summed E-state index contributed by atoms with van der Waals surface area (Å²) < 4.78 is 0. The molecule has 0 aliphatic carbocycles. The molecule has 0 unspecified atom stereocenters. The van der Waals surface area contributed by atoms with Crippen molar-refractivity contribution in [2.24, 2.45) is 0 Å². The molecule has 0 aromatic rings. The van der Waals surface area contributed by atoms with Crippen LogP contribution in [0.15, 0.2) is 0 Å². The van der Waals surface area contributed by atoms with Crippen LogP contribution in [-0.4, -0.2) is 73.9 Å². The highest BCUT2D eigenvalue weighted by atomic mass is 16.3. The van der Waals surface area contributed by atoms with Gasteiger partial charge in [0.2, 0.25) is 0 Å². The summed E-state index contributed by atoms with van der Waals surface area (Å²) in [6.45, 7) is 9.30.